The summed E-state index contributed by atoms with van der Waals surface area (Å²) >= 11 is 6.52. The lowest BCUT2D eigenvalue weighted by Gasteiger charge is -2.36. The lowest BCUT2D eigenvalue weighted by molar-refractivity contribution is 0.301. The van der Waals surface area contributed by atoms with Crippen molar-refractivity contribution < 1.29 is 4.43 Å². The molecule has 0 radical (unpaired) electrons. The Kier molecular flexibility index (Phi) is 7.59. The summed E-state index contributed by atoms with van der Waals surface area (Å²) < 4.78 is 6.37. The predicted molar refractivity (Wildman–Crippen MR) is 144 cm³/mol. The Labute approximate surface area is 194 Å². The summed E-state index contributed by atoms with van der Waals surface area (Å²) in [6.45, 7) is 12.9. The van der Waals surface area contributed by atoms with E-state index in [9.17, 15) is 0 Å². The monoisotopic (exact) mass is 467 g/mol. The fourth-order valence-electron chi connectivity index (χ4n) is 3.31. The maximum absolute atomic E-state index is 6.52. The molecule has 5 heteroatoms. The second kappa shape index (κ2) is 9.83. The van der Waals surface area contributed by atoms with E-state index < -0.39 is 14.4 Å². The van der Waals surface area contributed by atoms with Gasteiger partial charge in [0.05, 0.1) is 6.61 Å². The van der Waals surface area contributed by atoms with E-state index in [1.165, 1.54) is 15.9 Å². The van der Waals surface area contributed by atoms with E-state index in [-0.39, 0.29) is 5.04 Å². The molecule has 0 heterocycles. The third-order valence-electron chi connectivity index (χ3n) is 6.17. The third kappa shape index (κ3) is 5.38. The van der Waals surface area contributed by atoms with Gasteiger partial charge in [0, 0.05) is 23.6 Å². The molecular formula is C26H34NOPSSi. The van der Waals surface area contributed by atoms with Gasteiger partial charge < -0.3 is 9.74 Å². The van der Waals surface area contributed by atoms with E-state index in [1.54, 1.807) is 0 Å². The molecule has 0 atom stereocenters. The fraction of sp³-hybridized carbons (Fsp3) is 0.308. The van der Waals surface area contributed by atoms with E-state index in [0.29, 0.717) is 6.61 Å². The minimum atomic E-state index is -2.18. The van der Waals surface area contributed by atoms with Crippen molar-refractivity contribution in [3.63, 3.8) is 0 Å². The topological polar surface area (TPSA) is 21.3 Å². The Balaban J connectivity index is 1.91. The van der Waals surface area contributed by atoms with Crippen LogP contribution in [-0.2, 0) is 16.2 Å². The Bertz CT molecular complexity index is 989. The van der Waals surface area contributed by atoms with E-state index in [4.69, 9.17) is 16.2 Å². The summed E-state index contributed by atoms with van der Waals surface area (Å²) in [5, 5.41) is 7.48. The molecule has 3 rings (SSSR count). The van der Waals surface area contributed by atoms with Crippen LogP contribution in [0.25, 0.3) is 0 Å². The van der Waals surface area contributed by atoms with Gasteiger partial charge in [0.25, 0.3) is 0 Å². The lowest BCUT2D eigenvalue weighted by Crippen LogP contribution is -2.41. The molecule has 1 N–H and O–H groups in total. The highest BCUT2D eigenvalue weighted by Gasteiger charge is 2.36. The van der Waals surface area contributed by atoms with E-state index in [0.717, 1.165) is 12.2 Å². The van der Waals surface area contributed by atoms with Gasteiger partial charge in [0.15, 0.2) is 8.32 Å². The third-order valence-corrected chi connectivity index (χ3v) is 15.7. The molecule has 3 aromatic rings. The van der Waals surface area contributed by atoms with Crippen LogP contribution in [0.1, 0.15) is 20.8 Å². The number of rotatable bonds is 8. The van der Waals surface area contributed by atoms with Crippen LogP contribution in [0.4, 0.5) is 5.69 Å². The molecule has 0 aliphatic carbocycles. The average Bonchev–Trinajstić information content (AvgIpc) is 2.77. The SMILES string of the molecule is CC(C)(C)[Si](C)(C)OCCNc1ccccc1P(=S)(c1ccccc1)c1ccccc1. The molecule has 0 aliphatic heterocycles. The molecule has 0 saturated heterocycles. The Hall–Kier alpha value is -1.71. The van der Waals surface area contributed by atoms with Crippen molar-refractivity contribution in [2.45, 2.75) is 38.9 Å². The number of anilines is 1. The molecule has 0 saturated carbocycles. The number of benzene rings is 3. The molecule has 2 nitrogen and oxygen atoms in total. The van der Waals surface area contributed by atoms with Crippen LogP contribution in [-0.4, -0.2) is 21.5 Å². The van der Waals surface area contributed by atoms with E-state index in [2.05, 4.69) is 124 Å². The van der Waals surface area contributed by atoms with Crippen LogP contribution in [0.15, 0.2) is 84.9 Å². The summed E-state index contributed by atoms with van der Waals surface area (Å²) in [4.78, 5) is 0. The van der Waals surface area contributed by atoms with Gasteiger partial charge in [0.2, 0.25) is 0 Å². The zero-order valence-electron chi connectivity index (χ0n) is 19.3. The number of para-hydroxylation sites is 1. The summed E-state index contributed by atoms with van der Waals surface area (Å²) in [6.07, 6.45) is 0. The van der Waals surface area contributed by atoms with Crippen molar-refractivity contribution in [1.29, 1.82) is 0 Å². The van der Waals surface area contributed by atoms with Crippen LogP contribution < -0.4 is 21.2 Å². The zero-order chi connectivity index (χ0) is 22.5. The Morgan fingerprint density at radius 2 is 1.29 bits per heavy atom. The lowest BCUT2D eigenvalue weighted by atomic mass is 10.2. The van der Waals surface area contributed by atoms with Gasteiger partial charge in [-0.05, 0) is 34.8 Å². The summed E-state index contributed by atoms with van der Waals surface area (Å²) in [5.41, 5.74) is 1.11. The number of hydrogen-bond donors (Lipinski definition) is 1. The summed E-state index contributed by atoms with van der Waals surface area (Å²) in [6, 6.07) is 27.5. The Morgan fingerprint density at radius 3 is 1.81 bits per heavy atom. The molecule has 0 amide bonds. The first kappa shape index (κ1) is 23.9. The van der Waals surface area contributed by atoms with Crippen molar-refractivity contribution in [1.82, 2.24) is 0 Å². The van der Waals surface area contributed by atoms with Crippen LogP contribution in [0.2, 0.25) is 18.1 Å². The highest BCUT2D eigenvalue weighted by molar-refractivity contribution is 8.25. The van der Waals surface area contributed by atoms with Crippen LogP contribution in [0.5, 0.6) is 0 Å². The standard InChI is InChI=1S/C26H34NOPSSi/c1-26(2,3)31(4,5)28-21-20-27-24-18-12-13-19-25(24)29(30,22-14-8-6-9-15-22)23-16-10-7-11-17-23/h6-19,27H,20-21H2,1-5H3. The molecule has 0 spiro atoms. The van der Waals surface area contributed by atoms with Crippen molar-refractivity contribution in [3.8, 4) is 0 Å². The average molecular weight is 468 g/mol. The van der Waals surface area contributed by atoms with Crippen LogP contribution in [0, 0.1) is 0 Å². The summed E-state index contributed by atoms with van der Waals surface area (Å²) in [7, 11) is -1.75. The fourth-order valence-corrected chi connectivity index (χ4v) is 8.39. The van der Waals surface area contributed by atoms with Gasteiger partial charge in [-0.3, -0.25) is 0 Å². The van der Waals surface area contributed by atoms with Gasteiger partial charge in [-0.15, -0.1) is 0 Å². The van der Waals surface area contributed by atoms with Gasteiger partial charge in [0.1, 0.15) is 0 Å². The quantitative estimate of drug-likeness (QED) is 0.254. The highest BCUT2D eigenvalue weighted by Crippen LogP contribution is 2.44. The van der Waals surface area contributed by atoms with Crippen molar-refractivity contribution in [2.24, 2.45) is 0 Å². The van der Waals surface area contributed by atoms with Crippen LogP contribution >= 0.6 is 6.04 Å². The van der Waals surface area contributed by atoms with E-state index >= 15 is 0 Å². The first-order valence-corrected chi connectivity index (χ1v) is 16.6. The second-order valence-corrected chi connectivity index (χ2v) is 18.5. The van der Waals surface area contributed by atoms with Gasteiger partial charge in [-0.25, -0.2) is 0 Å². The first-order valence-electron chi connectivity index (χ1n) is 10.8. The highest BCUT2D eigenvalue weighted by atomic mass is 32.4. The molecule has 0 bridgehead atoms. The molecule has 31 heavy (non-hydrogen) atoms. The van der Waals surface area contributed by atoms with Gasteiger partial charge in [-0.1, -0.05) is 111 Å². The smallest absolute Gasteiger partial charge is 0.192 e. The molecular weight excluding hydrogens is 433 g/mol. The minimum Gasteiger partial charge on any atom is -0.415 e. The largest absolute Gasteiger partial charge is 0.415 e. The molecule has 0 aromatic heterocycles. The van der Waals surface area contributed by atoms with Gasteiger partial charge in [-0.2, -0.15) is 0 Å². The molecule has 0 fully saturated rings. The second-order valence-electron chi connectivity index (χ2n) is 9.33. The first-order chi connectivity index (χ1) is 14.7. The van der Waals surface area contributed by atoms with Crippen molar-refractivity contribution in [2.75, 3.05) is 18.5 Å². The maximum atomic E-state index is 6.52. The zero-order valence-corrected chi connectivity index (χ0v) is 22.0. The number of hydrogen-bond acceptors (Lipinski definition) is 3. The molecule has 164 valence electrons. The Morgan fingerprint density at radius 1 is 0.806 bits per heavy atom. The minimum absolute atomic E-state index is 0.215. The maximum Gasteiger partial charge on any atom is 0.192 e. The molecule has 0 unspecified atom stereocenters. The predicted octanol–water partition coefficient (Wildman–Crippen LogP) is 5.88. The van der Waals surface area contributed by atoms with Gasteiger partial charge >= 0.3 is 0 Å². The molecule has 0 aliphatic rings. The van der Waals surface area contributed by atoms with Crippen molar-refractivity contribution in [3.05, 3.63) is 84.9 Å². The van der Waals surface area contributed by atoms with E-state index in [1.807, 2.05) is 0 Å². The number of nitrogens with one attached hydrogen (secondary N) is 1. The summed E-state index contributed by atoms with van der Waals surface area (Å²) in [5.74, 6) is 0. The van der Waals surface area contributed by atoms with Crippen LogP contribution in [0.3, 0.4) is 0 Å². The molecule has 3 aromatic carbocycles. The van der Waals surface area contributed by atoms with Crippen molar-refractivity contribution >= 4 is 47.8 Å². The normalized spacial score (nSPS) is 12.5.